The zero-order valence-corrected chi connectivity index (χ0v) is 12.3. The number of ether oxygens (including phenoxy) is 2. The van der Waals surface area contributed by atoms with Gasteiger partial charge in [-0.2, -0.15) is 0 Å². The van der Waals surface area contributed by atoms with Gasteiger partial charge in [-0.3, -0.25) is 9.59 Å². The minimum Gasteiger partial charge on any atom is -0.495 e. The summed E-state index contributed by atoms with van der Waals surface area (Å²) in [6, 6.07) is 5.50. The molecule has 6 nitrogen and oxygen atoms in total. The number of aryl methyl sites for hydroxylation is 1. The summed E-state index contributed by atoms with van der Waals surface area (Å²) in [5, 5.41) is 2.73. The number of amides is 2. The number of nitrogens with one attached hydrogen (secondary N) is 1. The fourth-order valence-electron chi connectivity index (χ4n) is 2.18. The van der Waals surface area contributed by atoms with Crippen molar-refractivity contribution in [3.8, 4) is 5.75 Å². The van der Waals surface area contributed by atoms with Crippen LogP contribution in [0.15, 0.2) is 18.2 Å². The molecule has 0 unspecified atom stereocenters. The average Bonchev–Trinajstić information content (AvgIpc) is 2.48. The second-order valence-electron chi connectivity index (χ2n) is 4.92. The Labute approximate surface area is 124 Å². The van der Waals surface area contributed by atoms with E-state index >= 15 is 0 Å². The van der Waals surface area contributed by atoms with E-state index in [1.165, 1.54) is 0 Å². The second-order valence-corrected chi connectivity index (χ2v) is 4.92. The van der Waals surface area contributed by atoms with Gasteiger partial charge < -0.3 is 19.7 Å². The normalized spacial score (nSPS) is 14.7. The molecule has 1 saturated heterocycles. The van der Waals surface area contributed by atoms with E-state index < -0.39 is 0 Å². The van der Waals surface area contributed by atoms with Crippen molar-refractivity contribution in [2.75, 3.05) is 38.7 Å². The van der Waals surface area contributed by atoms with Crippen LogP contribution in [0.25, 0.3) is 0 Å². The van der Waals surface area contributed by atoms with E-state index in [1.807, 2.05) is 19.1 Å². The number of rotatable bonds is 4. The highest BCUT2D eigenvalue weighted by atomic mass is 16.5. The van der Waals surface area contributed by atoms with Gasteiger partial charge in [0, 0.05) is 13.1 Å². The van der Waals surface area contributed by atoms with Crippen LogP contribution in [0, 0.1) is 6.92 Å². The van der Waals surface area contributed by atoms with Crippen molar-refractivity contribution >= 4 is 17.5 Å². The maximum atomic E-state index is 12.0. The molecule has 0 radical (unpaired) electrons. The SMILES string of the molecule is COc1ccc(C)cc1NC(=O)CC(=O)N1CCOCC1. The van der Waals surface area contributed by atoms with Crippen LogP contribution in [-0.4, -0.2) is 50.1 Å². The monoisotopic (exact) mass is 292 g/mol. The van der Waals surface area contributed by atoms with Crippen molar-refractivity contribution in [3.63, 3.8) is 0 Å². The van der Waals surface area contributed by atoms with Crippen LogP contribution in [0.1, 0.15) is 12.0 Å². The summed E-state index contributed by atoms with van der Waals surface area (Å²) in [5.41, 5.74) is 1.59. The summed E-state index contributed by atoms with van der Waals surface area (Å²) in [6.07, 6.45) is -0.170. The summed E-state index contributed by atoms with van der Waals surface area (Å²) in [4.78, 5) is 25.6. The molecule has 0 atom stereocenters. The van der Waals surface area contributed by atoms with Crippen LogP contribution in [0.3, 0.4) is 0 Å². The van der Waals surface area contributed by atoms with Gasteiger partial charge in [0.15, 0.2) is 0 Å². The van der Waals surface area contributed by atoms with Gasteiger partial charge in [-0.25, -0.2) is 0 Å². The number of anilines is 1. The minimum atomic E-state index is -0.338. The van der Waals surface area contributed by atoms with Gasteiger partial charge in [0.25, 0.3) is 0 Å². The number of hydrogen-bond donors (Lipinski definition) is 1. The van der Waals surface area contributed by atoms with E-state index in [1.54, 1.807) is 18.1 Å². The summed E-state index contributed by atoms with van der Waals surface area (Å²) in [7, 11) is 1.54. The van der Waals surface area contributed by atoms with Gasteiger partial charge in [-0.15, -0.1) is 0 Å². The van der Waals surface area contributed by atoms with E-state index in [4.69, 9.17) is 9.47 Å². The fraction of sp³-hybridized carbons (Fsp3) is 0.467. The van der Waals surface area contributed by atoms with Crippen LogP contribution in [0.4, 0.5) is 5.69 Å². The molecular weight excluding hydrogens is 272 g/mol. The van der Waals surface area contributed by atoms with Crippen LogP contribution < -0.4 is 10.1 Å². The molecule has 0 saturated carbocycles. The number of morpholine rings is 1. The Morgan fingerprint density at radius 3 is 2.71 bits per heavy atom. The quantitative estimate of drug-likeness (QED) is 0.847. The van der Waals surface area contributed by atoms with Gasteiger partial charge >= 0.3 is 0 Å². The first-order valence-corrected chi connectivity index (χ1v) is 6.90. The first-order chi connectivity index (χ1) is 10.1. The van der Waals surface area contributed by atoms with Crippen molar-refractivity contribution in [2.24, 2.45) is 0 Å². The first-order valence-electron chi connectivity index (χ1n) is 6.90. The molecular formula is C15H20N2O4. The smallest absolute Gasteiger partial charge is 0.233 e. The van der Waals surface area contributed by atoms with E-state index in [0.29, 0.717) is 37.7 Å². The molecule has 1 heterocycles. The lowest BCUT2D eigenvalue weighted by Crippen LogP contribution is -2.41. The summed E-state index contributed by atoms with van der Waals surface area (Å²) < 4.78 is 10.4. The molecule has 1 aliphatic rings. The van der Waals surface area contributed by atoms with E-state index in [-0.39, 0.29) is 18.2 Å². The Kier molecular flexibility index (Phi) is 5.16. The number of benzene rings is 1. The Bertz CT molecular complexity index is 524. The number of carbonyl (C=O) groups excluding carboxylic acids is 2. The van der Waals surface area contributed by atoms with Gasteiger partial charge in [0.05, 0.1) is 26.0 Å². The van der Waals surface area contributed by atoms with E-state index in [0.717, 1.165) is 5.56 Å². The molecule has 0 aliphatic carbocycles. The summed E-state index contributed by atoms with van der Waals surface area (Å²) >= 11 is 0. The molecule has 1 aromatic rings. The Morgan fingerprint density at radius 1 is 1.33 bits per heavy atom. The fourth-order valence-corrected chi connectivity index (χ4v) is 2.18. The lowest BCUT2D eigenvalue weighted by molar-refractivity contribution is -0.138. The first kappa shape index (κ1) is 15.3. The second kappa shape index (κ2) is 7.08. The Hall–Kier alpha value is -2.08. The molecule has 114 valence electrons. The van der Waals surface area contributed by atoms with Crippen LogP contribution in [0.2, 0.25) is 0 Å². The molecule has 1 N–H and O–H groups in total. The molecule has 6 heteroatoms. The van der Waals surface area contributed by atoms with Crippen molar-refractivity contribution in [1.82, 2.24) is 4.90 Å². The van der Waals surface area contributed by atoms with Gasteiger partial charge in [-0.05, 0) is 24.6 Å². The molecule has 2 rings (SSSR count). The standard InChI is InChI=1S/C15H20N2O4/c1-11-3-4-13(20-2)12(9-11)16-14(18)10-15(19)17-5-7-21-8-6-17/h3-4,9H,5-8,10H2,1-2H3,(H,16,18). The maximum Gasteiger partial charge on any atom is 0.233 e. The lowest BCUT2D eigenvalue weighted by Gasteiger charge is -2.26. The van der Waals surface area contributed by atoms with Crippen molar-refractivity contribution in [2.45, 2.75) is 13.3 Å². The Morgan fingerprint density at radius 2 is 2.05 bits per heavy atom. The zero-order valence-electron chi connectivity index (χ0n) is 12.3. The van der Waals surface area contributed by atoms with Crippen LogP contribution >= 0.6 is 0 Å². The lowest BCUT2D eigenvalue weighted by atomic mass is 10.2. The highest BCUT2D eigenvalue weighted by Gasteiger charge is 2.20. The molecule has 1 aliphatic heterocycles. The van der Waals surface area contributed by atoms with Crippen LogP contribution in [0.5, 0.6) is 5.75 Å². The maximum absolute atomic E-state index is 12.0. The molecule has 0 bridgehead atoms. The molecule has 21 heavy (non-hydrogen) atoms. The number of methoxy groups -OCH3 is 1. The minimum absolute atomic E-state index is 0.170. The number of hydrogen-bond acceptors (Lipinski definition) is 4. The third kappa shape index (κ3) is 4.19. The third-order valence-corrected chi connectivity index (χ3v) is 3.30. The highest BCUT2D eigenvalue weighted by Crippen LogP contribution is 2.25. The predicted octanol–water partition coefficient (Wildman–Crippen LogP) is 1.19. The number of nitrogens with zero attached hydrogens (tertiary/aromatic N) is 1. The van der Waals surface area contributed by atoms with Gasteiger partial charge in [-0.1, -0.05) is 6.07 Å². The average molecular weight is 292 g/mol. The van der Waals surface area contributed by atoms with Crippen molar-refractivity contribution < 1.29 is 19.1 Å². The van der Waals surface area contributed by atoms with Gasteiger partial charge in [0.1, 0.15) is 12.2 Å². The largest absolute Gasteiger partial charge is 0.495 e. The van der Waals surface area contributed by atoms with Crippen molar-refractivity contribution in [3.05, 3.63) is 23.8 Å². The van der Waals surface area contributed by atoms with Crippen LogP contribution in [-0.2, 0) is 14.3 Å². The summed E-state index contributed by atoms with van der Waals surface area (Å²) in [6.45, 7) is 4.06. The highest BCUT2D eigenvalue weighted by molar-refractivity contribution is 6.04. The molecule has 0 aromatic heterocycles. The zero-order chi connectivity index (χ0) is 15.2. The molecule has 2 amide bonds. The predicted molar refractivity (Wildman–Crippen MR) is 78.4 cm³/mol. The summed E-state index contributed by atoms with van der Waals surface area (Å²) in [5.74, 6) is 0.0607. The molecule has 1 fully saturated rings. The van der Waals surface area contributed by atoms with E-state index in [9.17, 15) is 9.59 Å². The van der Waals surface area contributed by atoms with Crippen molar-refractivity contribution in [1.29, 1.82) is 0 Å². The molecule has 0 spiro atoms. The molecule has 1 aromatic carbocycles. The topological polar surface area (TPSA) is 67.9 Å². The third-order valence-electron chi connectivity index (χ3n) is 3.30. The van der Waals surface area contributed by atoms with E-state index in [2.05, 4.69) is 5.32 Å². The number of carbonyl (C=O) groups is 2. The van der Waals surface area contributed by atoms with Gasteiger partial charge in [0.2, 0.25) is 11.8 Å². The Balaban J connectivity index is 1.95.